The molecule has 168 valence electrons. The van der Waals surface area contributed by atoms with Crippen molar-refractivity contribution < 1.29 is 8.42 Å². The average molecular weight is 449 g/mol. The number of aryl methyl sites for hydroxylation is 1. The van der Waals surface area contributed by atoms with Gasteiger partial charge in [-0.1, -0.05) is 66.2 Å². The van der Waals surface area contributed by atoms with Crippen molar-refractivity contribution in [2.24, 2.45) is 0 Å². The van der Waals surface area contributed by atoms with E-state index in [1.54, 1.807) is 12.1 Å². The molecule has 3 aromatic rings. The Balaban J connectivity index is 1.39. The number of benzene rings is 3. The van der Waals surface area contributed by atoms with Crippen LogP contribution in [0.15, 0.2) is 89.8 Å². The van der Waals surface area contributed by atoms with Gasteiger partial charge in [-0.15, -0.1) is 0 Å². The number of piperazine rings is 1. The van der Waals surface area contributed by atoms with Crippen LogP contribution in [-0.2, 0) is 9.84 Å². The highest BCUT2D eigenvalue weighted by Crippen LogP contribution is 2.33. The summed E-state index contributed by atoms with van der Waals surface area (Å²) in [5.41, 5.74) is 3.22. The largest absolute Gasteiger partial charge is 0.369 e. The first-order valence-corrected chi connectivity index (χ1v) is 13.0. The first kappa shape index (κ1) is 22.6. The van der Waals surface area contributed by atoms with Crippen LogP contribution in [0, 0.1) is 6.92 Å². The summed E-state index contributed by atoms with van der Waals surface area (Å²) in [7, 11) is -3.45. The van der Waals surface area contributed by atoms with E-state index in [4.69, 9.17) is 0 Å². The highest BCUT2D eigenvalue weighted by atomic mass is 32.2. The second-order valence-electron chi connectivity index (χ2n) is 8.56. The number of anilines is 1. The average Bonchev–Trinajstić information content (AvgIpc) is 2.83. The zero-order chi connectivity index (χ0) is 22.4. The predicted molar refractivity (Wildman–Crippen MR) is 132 cm³/mol. The number of rotatable bonds is 8. The maximum Gasteiger partial charge on any atom is 0.185 e. The molecule has 1 unspecified atom stereocenters. The maximum atomic E-state index is 13.5. The van der Waals surface area contributed by atoms with Crippen molar-refractivity contribution in [3.05, 3.63) is 96.1 Å². The molecule has 4 rings (SSSR count). The minimum atomic E-state index is -3.45. The molecule has 1 aliphatic rings. The van der Waals surface area contributed by atoms with Crippen molar-refractivity contribution in [3.63, 3.8) is 0 Å². The van der Waals surface area contributed by atoms with E-state index in [2.05, 4.69) is 34.1 Å². The molecule has 0 bridgehead atoms. The van der Waals surface area contributed by atoms with Crippen LogP contribution in [0.1, 0.15) is 29.2 Å². The van der Waals surface area contributed by atoms with Gasteiger partial charge in [-0.25, -0.2) is 8.42 Å². The second-order valence-corrected chi connectivity index (χ2v) is 10.7. The van der Waals surface area contributed by atoms with Crippen LogP contribution < -0.4 is 4.90 Å². The van der Waals surface area contributed by atoms with E-state index in [0.717, 1.165) is 50.3 Å². The zero-order valence-corrected chi connectivity index (χ0v) is 19.5. The van der Waals surface area contributed by atoms with Gasteiger partial charge in [0.2, 0.25) is 0 Å². The van der Waals surface area contributed by atoms with Gasteiger partial charge in [0.15, 0.2) is 9.84 Å². The SMILES string of the molecule is Cc1ccc(S(=O)(=O)C(CCCN2CCN(c3ccccc3)CC2)c2ccccc2)cc1. The van der Waals surface area contributed by atoms with Crippen molar-refractivity contribution in [3.8, 4) is 0 Å². The number of hydrogen-bond acceptors (Lipinski definition) is 4. The third-order valence-corrected chi connectivity index (χ3v) is 8.52. The van der Waals surface area contributed by atoms with Crippen LogP contribution >= 0.6 is 0 Å². The molecule has 0 aliphatic carbocycles. The fourth-order valence-electron chi connectivity index (χ4n) is 4.43. The molecule has 32 heavy (non-hydrogen) atoms. The van der Waals surface area contributed by atoms with Crippen LogP contribution in [0.25, 0.3) is 0 Å². The minimum Gasteiger partial charge on any atom is -0.369 e. The summed E-state index contributed by atoms with van der Waals surface area (Å²) in [4.78, 5) is 5.29. The topological polar surface area (TPSA) is 40.6 Å². The molecule has 1 aliphatic heterocycles. The molecule has 0 amide bonds. The fraction of sp³-hybridized carbons (Fsp3) is 0.333. The van der Waals surface area contributed by atoms with Gasteiger partial charge in [0.05, 0.1) is 10.1 Å². The zero-order valence-electron chi connectivity index (χ0n) is 18.7. The Labute approximate surface area is 192 Å². The summed E-state index contributed by atoms with van der Waals surface area (Å²) in [6, 6.07) is 27.4. The van der Waals surface area contributed by atoms with E-state index in [1.165, 1.54) is 5.69 Å². The Kier molecular flexibility index (Phi) is 7.28. The summed E-state index contributed by atoms with van der Waals surface area (Å²) in [5.74, 6) is 0. The van der Waals surface area contributed by atoms with Gasteiger partial charge in [-0.3, -0.25) is 4.90 Å². The van der Waals surface area contributed by atoms with Crippen LogP contribution in [0.3, 0.4) is 0 Å². The molecular formula is C27H32N2O2S. The quantitative estimate of drug-likeness (QED) is 0.480. The fourth-order valence-corrected chi connectivity index (χ4v) is 6.27. The molecular weight excluding hydrogens is 416 g/mol. The summed E-state index contributed by atoms with van der Waals surface area (Å²) in [5, 5.41) is -0.517. The lowest BCUT2D eigenvalue weighted by atomic mass is 10.1. The Morgan fingerprint density at radius 2 is 1.38 bits per heavy atom. The Morgan fingerprint density at radius 3 is 2.00 bits per heavy atom. The van der Waals surface area contributed by atoms with Gasteiger partial charge >= 0.3 is 0 Å². The van der Waals surface area contributed by atoms with E-state index < -0.39 is 15.1 Å². The number of para-hydroxylation sites is 1. The van der Waals surface area contributed by atoms with Gasteiger partial charge in [0, 0.05) is 31.9 Å². The molecule has 4 nitrogen and oxygen atoms in total. The monoisotopic (exact) mass is 448 g/mol. The third-order valence-electron chi connectivity index (χ3n) is 6.33. The molecule has 0 radical (unpaired) electrons. The first-order valence-electron chi connectivity index (χ1n) is 11.4. The van der Waals surface area contributed by atoms with Crippen molar-refractivity contribution in [2.75, 3.05) is 37.6 Å². The Bertz CT molecular complexity index is 1080. The molecule has 0 saturated carbocycles. The van der Waals surface area contributed by atoms with Crippen molar-refractivity contribution in [1.29, 1.82) is 0 Å². The van der Waals surface area contributed by atoms with Gasteiger partial charge in [-0.2, -0.15) is 0 Å². The Hall–Kier alpha value is -2.63. The van der Waals surface area contributed by atoms with Crippen LogP contribution in [0.4, 0.5) is 5.69 Å². The van der Waals surface area contributed by atoms with E-state index in [0.29, 0.717) is 11.3 Å². The molecule has 1 saturated heterocycles. The van der Waals surface area contributed by atoms with Crippen LogP contribution in [0.2, 0.25) is 0 Å². The highest BCUT2D eigenvalue weighted by molar-refractivity contribution is 7.91. The van der Waals surface area contributed by atoms with E-state index >= 15 is 0 Å². The Morgan fingerprint density at radius 1 is 0.781 bits per heavy atom. The van der Waals surface area contributed by atoms with Crippen molar-refractivity contribution >= 4 is 15.5 Å². The number of sulfone groups is 1. The summed E-state index contributed by atoms with van der Waals surface area (Å²) >= 11 is 0. The van der Waals surface area contributed by atoms with Gasteiger partial charge in [0.25, 0.3) is 0 Å². The molecule has 0 aromatic heterocycles. The number of nitrogens with zero attached hydrogens (tertiary/aromatic N) is 2. The standard InChI is InChI=1S/C27H32N2O2S/c1-23-14-16-26(17-15-23)32(30,31)27(24-9-4-2-5-10-24)13-8-18-28-19-21-29(22-20-28)25-11-6-3-7-12-25/h2-7,9-12,14-17,27H,8,13,18-22H2,1H3. The number of hydrogen-bond donors (Lipinski definition) is 0. The normalized spacial score (nSPS) is 16.1. The molecule has 0 N–H and O–H groups in total. The van der Waals surface area contributed by atoms with Gasteiger partial charge < -0.3 is 4.90 Å². The van der Waals surface area contributed by atoms with Gasteiger partial charge in [-0.05, 0) is 56.1 Å². The minimum absolute atomic E-state index is 0.411. The van der Waals surface area contributed by atoms with Gasteiger partial charge in [0.1, 0.15) is 0 Å². The summed E-state index contributed by atoms with van der Waals surface area (Å²) in [6.07, 6.45) is 1.48. The molecule has 1 fully saturated rings. The molecule has 0 spiro atoms. The second kappa shape index (κ2) is 10.3. The molecule has 5 heteroatoms. The third kappa shape index (κ3) is 5.40. The predicted octanol–water partition coefficient (Wildman–Crippen LogP) is 5.11. The summed E-state index contributed by atoms with van der Waals surface area (Å²) in [6.45, 7) is 6.94. The summed E-state index contributed by atoms with van der Waals surface area (Å²) < 4.78 is 27.0. The molecule has 1 atom stereocenters. The lowest BCUT2D eigenvalue weighted by molar-refractivity contribution is 0.252. The van der Waals surface area contributed by atoms with E-state index in [-0.39, 0.29) is 0 Å². The van der Waals surface area contributed by atoms with Crippen molar-refractivity contribution in [1.82, 2.24) is 4.90 Å². The lowest BCUT2D eigenvalue weighted by Gasteiger charge is -2.36. The highest BCUT2D eigenvalue weighted by Gasteiger charge is 2.29. The smallest absolute Gasteiger partial charge is 0.185 e. The lowest BCUT2D eigenvalue weighted by Crippen LogP contribution is -2.46. The van der Waals surface area contributed by atoms with E-state index in [1.807, 2.05) is 55.5 Å². The molecule has 3 aromatic carbocycles. The first-order chi connectivity index (χ1) is 15.5. The van der Waals surface area contributed by atoms with E-state index in [9.17, 15) is 8.42 Å². The maximum absolute atomic E-state index is 13.5. The van der Waals surface area contributed by atoms with Crippen LogP contribution in [-0.4, -0.2) is 46.0 Å². The molecule has 1 heterocycles. The van der Waals surface area contributed by atoms with Crippen molar-refractivity contribution in [2.45, 2.75) is 29.9 Å². The van der Waals surface area contributed by atoms with Crippen LogP contribution in [0.5, 0.6) is 0 Å².